The number of alkyl carbamates (subject to hydrolysis) is 2. The van der Waals surface area contributed by atoms with Crippen molar-refractivity contribution in [3.63, 3.8) is 0 Å². The molecule has 3 fully saturated rings. The van der Waals surface area contributed by atoms with Crippen LogP contribution in [-0.4, -0.2) is 87.7 Å². The van der Waals surface area contributed by atoms with E-state index >= 15 is 8.78 Å². The number of benzene rings is 3. The number of halogens is 2. The Labute approximate surface area is 376 Å². The van der Waals surface area contributed by atoms with Crippen LogP contribution in [-0.2, 0) is 31.4 Å². The van der Waals surface area contributed by atoms with Gasteiger partial charge in [0.05, 0.1) is 43.2 Å². The number of imidazole rings is 2. The summed E-state index contributed by atoms with van der Waals surface area (Å²) in [6, 6.07) is 14.2. The van der Waals surface area contributed by atoms with Crippen LogP contribution in [0.3, 0.4) is 0 Å². The number of likely N-dealkylation sites (tertiary alicyclic amines) is 1. The van der Waals surface area contributed by atoms with E-state index in [1.54, 1.807) is 29.3 Å². The molecule has 1 spiro atoms. The second-order valence-corrected chi connectivity index (χ2v) is 19.2. The molecule has 1 saturated heterocycles. The maximum absolute atomic E-state index is 16.6. The van der Waals surface area contributed by atoms with Crippen molar-refractivity contribution in [1.82, 2.24) is 40.8 Å². The first-order valence-electron chi connectivity index (χ1n) is 22.6. The lowest BCUT2D eigenvalue weighted by atomic mass is 9.98. The molecule has 1 unspecified atom stereocenters. The Morgan fingerprint density at radius 2 is 1.46 bits per heavy atom. The Hall–Kier alpha value is -6.32. The number of nitrogens with zero attached hydrogens (tertiary/aromatic N) is 3. The lowest BCUT2D eigenvalue weighted by Crippen LogP contribution is -2.51. The Bertz CT molecular complexity index is 2670. The summed E-state index contributed by atoms with van der Waals surface area (Å²) in [4.78, 5) is 69.1. The van der Waals surface area contributed by atoms with E-state index in [9.17, 15) is 19.2 Å². The van der Waals surface area contributed by atoms with E-state index in [1.165, 1.54) is 20.3 Å². The van der Waals surface area contributed by atoms with Crippen molar-refractivity contribution >= 4 is 35.0 Å². The van der Waals surface area contributed by atoms with E-state index in [-0.39, 0.29) is 52.3 Å². The molecule has 3 aromatic carbocycles. The Morgan fingerprint density at radius 1 is 0.831 bits per heavy atom. The van der Waals surface area contributed by atoms with Gasteiger partial charge in [0, 0.05) is 35.7 Å². The first kappa shape index (κ1) is 43.9. The average Bonchev–Trinajstić information content (AvgIpc) is 3.80. The molecule has 342 valence electrons. The van der Waals surface area contributed by atoms with Crippen LogP contribution in [0.2, 0.25) is 0 Å². The van der Waals surface area contributed by atoms with Crippen LogP contribution in [0.5, 0.6) is 0 Å². The number of alkyl halides is 2. The lowest BCUT2D eigenvalue weighted by Gasteiger charge is -2.30. The molecule has 65 heavy (non-hydrogen) atoms. The summed E-state index contributed by atoms with van der Waals surface area (Å²) >= 11 is 0. The molecular formula is C49H56F2N8O6. The summed E-state index contributed by atoms with van der Waals surface area (Å²) in [5.74, 6) is -2.27. The summed E-state index contributed by atoms with van der Waals surface area (Å²) in [5.41, 5.74) is 5.00. The molecule has 2 aromatic heterocycles. The van der Waals surface area contributed by atoms with Gasteiger partial charge in [0.2, 0.25) is 11.8 Å². The number of carbonyl (C=O) groups is 4. The summed E-state index contributed by atoms with van der Waals surface area (Å²) in [5, 5.41) is 8.43. The van der Waals surface area contributed by atoms with E-state index in [2.05, 4.69) is 25.9 Å². The molecular weight excluding hydrogens is 835 g/mol. The number of H-pyrrole nitrogens is 2. The SMILES string of the molecule is COC(=O)N[C@H](C(=O)N[C@@H]1CC[C@H](Cc2nc3ccc(-c4ccc5c(c4)C(F)(F)c4cc(-c6cnc(C7CC8(CC8)CN7C(=O)[C@@H](NC(=O)OC)C(C)C)[nH]6)ccc4-5)cc3[nH]2)C1)C(C)C. The van der Waals surface area contributed by atoms with E-state index < -0.39 is 30.2 Å². The number of fused-ring (bicyclic) bond motifs is 4. The van der Waals surface area contributed by atoms with Crippen LogP contribution in [0.25, 0.3) is 44.5 Å². The second kappa shape index (κ2) is 16.9. The number of aromatic amines is 2. The largest absolute Gasteiger partial charge is 0.453 e. The molecule has 5 N–H and O–H groups in total. The van der Waals surface area contributed by atoms with Crippen molar-refractivity contribution in [3.05, 3.63) is 83.6 Å². The minimum Gasteiger partial charge on any atom is -0.453 e. The van der Waals surface area contributed by atoms with Gasteiger partial charge in [-0.1, -0.05) is 58.0 Å². The van der Waals surface area contributed by atoms with Gasteiger partial charge in [-0.05, 0) is 108 Å². The predicted octanol–water partition coefficient (Wildman–Crippen LogP) is 8.38. The third kappa shape index (κ3) is 8.43. The maximum atomic E-state index is 16.6. The summed E-state index contributed by atoms with van der Waals surface area (Å²) in [6.45, 7) is 8.05. The minimum atomic E-state index is -3.26. The molecule has 14 nitrogen and oxygen atoms in total. The molecule has 1 aliphatic heterocycles. The number of nitrogens with one attached hydrogen (secondary N) is 5. The van der Waals surface area contributed by atoms with Crippen LogP contribution in [0.4, 0.5) is 18.4 Å². The number of rotatable bonds is 12. The highest BCUT2D eigenvalue weighted by Gasteiger charge is 2.55. The third-order valence-electron chi connectivity index (χ3n) is 14.0. The smallest absolute Gasteiger partial charge is 0.407 e. The number of carbonyl (C=O) groups excluding carboxylic acids is 4. The summed E-state index contributed by atoms with van der Waals surface area (Å²) < 4.78 is 42.7. The zero-order chi connectivity index (χ0) is 45.9. The highest BCUT2D eigenvalue weighted by molar-refractivity contribution is 5.88. The number of aromatic nitrogens is 4. The van der Waals surface area contributed by atoms with Gasteiger partial charge < -0.3 is 40.3 Å². The number of amides is 4. The molecule has 4 amide bonds. The fourth-order valence-corrected chi connectivity index (χ4v) is 10.2. The molecule has 4 aliphatic rings. The van der Waals surface area contributed by atoms with Gasteiger partial charge in [0.25, 0.3) is 5.92 Å². The monoisotopic (exact) mass is 890 g/mol. The van der Waals surface area contributed by atoms with E-state index in [1.807, 2.05) is 58.0 Å². The topological polar surface area (TPSA) is 183 Å². The Kier molecular flexibility index (Phi) is 11.4. The Balaban J connectivity index is 0.885. The van der Waals surface area contributed by atoms with Crippen molar-refractivity contribution in [3.8, 4) is 33.5 Å². The van der Waals surface area contributed by atoms with E-state index in [0.717, 1.165) is 60.9 Å². The van der Waals surface area contributed by atoms with E-state index in [4.69, 9.17) is 19.4 Å². The summed E-state index contributed by atoms with van der Waals surface area (Å²) in [6.07, 6.45) is 6.29. The van der Waals surface area contributed by atoms with Crippen molar-refractivity contribution in [2.24, 2.45) is 23.2 Å². The van der Waals surface area contributed by atoms with Crippen LogP contribution in [0.1, 0.15) is 95.0 Å². The van der Waals surface area contributed by atoms with Crippen molar-refractivity contribution in [2.75, 3.05) is 20.8 Å². The quantitative estimate of drug-likeness (QED) is 0.0828. The van der Waals surface area contributed by atoms with Gasteiger partial charge in [0.1, 0.15) is 23.7 Å². The van der Waals surface area contributed by atoms with Gasteiger partial charge in [-0.3, -0.25) is 9.59 Å². The predicted molar refractivity (Wildman–Crippen MR) is 240 cm³/mol. The molecule has 9 rings (SSSR count). The van der Waals surface area contributed by atoms with Gasteiger partial charge >= 0.3 is 12.2 Å². The standard InChI is InChI=1S/C49H56F2N8O6/c1-25(2)41(57-46(62)64-5)44(60)53-31-11-7-27(17-31)18-40-54-36-14-10-29(21-37(36)55-40)28-8-12-32-33-13-9-30(20-35(33)49(50,51)34(32)19-28)38-23-52-43(56-38)39-22-48(15-16-48)24-59(39)45(61)42(26(3)4)58-47(63)65-6/h8-10,12-14,19-21,23,25-27,31,39,41-42H,7,11,15-18,22,24H2,1-6H3,(H,52,56)(H,53,60)(H,54,55)(H,57,62)(H,58,63)/t27-,31+,39?,41-,42-/m0/s1. The average molecular weight is 891 g/mol. The molecule has 3 heterocycles. The van der Waals surface area contributed by atoms with Gasteiger partial charge in [-0.25, -0.2) is 19.6 Å². The maximum Gasteiger partial charge on any atom is 0.407 e. The van der Waals surface area contributed by atoms with Crippen LogP contribution in [0.15, 0.2) is 60.8 Å². The van der Waals surface area contributed by atoms with Crippen molar-refractivity contribution in [1.29, 1.82) is 0 Å². The molecule has 0 radical (unpaired) electrons. The molecule has 2 saturated carbocycles. The number of hydrogen-bond donors (Lipinski definition) is 5. The molecule has 5 atom stereocenters. The highest BCUT2D eigenvalue weighted by atomic mass is 19.3. The fourth-order valence-electron chi connectivity index (χ4n) is 10.2. The second-order valence-electron chi connectivity index (χ2n) is 19.2. The number of hydrogen-bond acceptors (Lipinski definition) is 8. The lowest BCUT2D eigenvalue weighted by molar-refractivity contribution is -0.135. The van der Waals surface area contributed by atoms with Crippen molar-refractivity contribution in [2.45, 2.75) is 103 Å². The third-order valence-corrected chi connectivity index (χ3v) is 14.0. The zero-order valence-corrected chi connectivity index (χ0v) is 37.5. The highest BCUT2D eigenvalue weighted by Crippen LogP contribution is 2.58. The van der Waals surface area contributed by atoms with Gasteiger partial charge in [-0.15, -0.1) is 0 Å². The van der Waals surface area contributed by atoms with E-state index in [0.29, 0.717) is 52.7 Å². The first-order valence-corrected chi connectivity index (χ1v) is 22.6. The fraction of sp³-hybridized carbons (Fsp3) is 0.469. The van der Waals surface area contributed by atoms with Crippen LogP contribution >= 0.6 is 0 Å². The van der Waals surface area contributed by atoms with Crippen molar-refractivity contribution < 1.29 is 37.4 Å². The first-order chi connectivity index (χ1) is 31.1. The molecule has 16 heteroatoms. The molecule has 5 aromatic rings. The normalized spacial score (nSPS) is 21.0. The van der Waals surface area contributed by atoms with Crippen LogP contribution < -0.4 is 16.0 Å². The minimum absolute atomic E-state index is 0.0115. The van der Waals surface area contributed by atoms with Crippen LogP contribution in [0, 0.1) is 23.2 Å². The number of methoxy groups -OCH3 is 2. The van der Waals surface area contributed by atoms with Gasteiger partial charge in [-0.2, -0.15) is 8.78 Å². The molecule has 0 bridgehead atoms. The Morgan fingerprint density at radius 3 is 2.12 bits per heavy atom. The number of ether oxygens (including phenoxy) is 2. The van der Waals surface area contributed by atoms with Gasteiger partial charge in [0.15, 0.2) is 0 Å². The molecule has 3 aliphatic carbocycles. The summed E-state index contributed by atoms with van der Waals surface area (Å²) in [7, 11) is 2.54. The zero-order valence-electron chi connectivity index (χ0n) is 37.5.